The standard InChI is InChI=1S/C16H24Cl2N2O2S/c1-16(2,23(19)22)9-12(10-3-5-20-6-4-10)11-7-13(17)14(18)8-15(11)21/h7-8,10,12,20-21H,3-6,9,19H2,1-2H3/t12-,23?/m1/s1. The van der Waals surface area contributed by atoms with E-state index < -0.39 is 15.7 Å². The largest absolute Gasteiger partial charge is 0.508 e. The molecule has 4 nitrogen and oxygen atoms in total. The summed E-state index contributed by atoms with van der Waals surface area (Å²) in [6.45, 7) is 5.67. The minimum atomic E-state index is -1.45. The van der Waals surface area contributed by atoms with Gasteiger partial charge in [-0.1, -0.05) is 23.2 Å². The molecule has 2 atom stereocenters. The first-order chi connectivity index (χ1) is 10.7. The van der Waals surface area contributed by atoms with Gasteiger partial charge in [-0.05, 0) is 69.7 Å². The Morgan fingerprint density at radius 2 is 1.91 bits per heavy atom. The number of benzene rings is 1. The van der Waals surface area contributed by atoms with Gasteiger partial charge in [0.2, 0.25) is 0 Å². The van der Waals surface area contributed by atoms with Crippen molar-refractivity contribution in [2.24, 2.45) is 11.1 Å². The van der Waals surface area contributed by atoms with Crippen molar-refractivity contribution in [2.75, 3.05) is 13.1 Å². The molecule has 23 heavy (non-hydrogen) atoms. The zero-order chi connectivity index (χ0) is 17.2. The molecule has 0 amide bonds. The summed E-state index contributed by atoms with van der Waals surface area (Å²) in [7, 11) is -1.45. The highest BCUT2D eigenvalue weighted by Crippen LogP contribution is 2.44. The molecule has 0 aliphatic carbocycles. The van der Waals surface area contributed by atoms with Crippen LogP contribution in [0.3, 0.4) is 0 Å². The first-order valence-electron chi connectivity index (χ1n) is 7.77. The van der Waals surface area contributed by atoms with E-state index in [0.717, 1.165) is 31.5 Å². The van der Waals surface area contributed by atoms with Crippen molar-refractivity contribution in [3.63, 3.8) is 0 Å². The van der Waals surface area contributed by atoms with Crippen LogP contribution >= 0.6 is 23.2 Å². The van der Waals surface area contributed by atoms with Gasteiger partial charge in [-0.2, -0.15) is 0 Å². The van der Waals surface area contributed by atoms with E-state index in [4.69, 9.17) is 28.3 Å². The summed E-state index contributed by atoms with van der Waals surface area (Å²) in [6.07, 6.45) is 2.61. The number of aromatic hydroxyl groups is 1. The fourth-order valence-electron chi connectivity index (χ4n) is 3.24. The zero-order valence-electron chi connectivity index (χ0n) is 13.4. The third kappa shape index (κ3) is 4.60. The van der Waals surface area contributed by atoms with Gasteiger partial charge in [-0.25, -0.2) is 4.21 Å². The second kappa shape index (κ2) is 7.70. The Bertz CT molecular complexity index is 590. The van der Waals surface area contributed by atoms with Gasteiger partial charge in [0.05, 0.1) is 25.8 Å². The number of nitrogens with two attached hydrogens (primary N) is 1. The number of hydrogen-bond acceptors (Lipinski definition) is 3. The molecule has 1 heterocycles. The lowest BCUT2D eigenvalue weighted by Crippen LogP contribution is -2.37. The molecule has 1 unspecified atom stereocenters. The van der Waals surface area contributed by atoms with Crippen molar-refractivity contribution in [1.29, 1.82) is 0 Å². The third-order valence-electron chi connectivity index (χ3n) is 4.68. The Hall–Kier alpha value is -0.330. The lowest BCUT2D eigenvalue weighted by molar-refractivity contribution is 0.288. The first kappa shape index (κ1) is 19.0. The molecule has 0 spiro atoms. The average Bonchev–Trinajstić information content (AvgIpc) is 2.49. The molecule has 1 aromatic carbocycles. The Morgan fingerprint density at radius 1 is 1.35 bits per heavy atom. The zero-order valence-corrected chi connectivity index (χ0v) is 15.8. The van der Waals surface area contributed by atoms with E-state index in [1.807, 2.05) is 13.8 Å². The van der Waals surface area contributed by atoms with Gasteiger partial charge in [0.25, 0.3) is 0 Å². The van der Waals surface area contributed by atoms with Gasteiger partial charge >= 0.3 is 0 Å². The number of phenols is 1. The van der Waals surface area contributed by atoms with Gasteiger partial charge in [0, 0.05) is 6.07 Å². The highest BCUT2D eigenvalue weighted by molar-refractivity contribution is 7.84. The average molecular weight is 379 g/mol. The number of rotatable bonds is 5. The molecular weight excluding hydrogens is 355 g/mol. The van der Waals surface area contributed by atoms with E-state index in [1.54, 1.807) is 6.07 Å². The number of nitrogens with one attached hydrogen (secondary N) is 1. The minimum absolute atomic E-state index is 0.0365. The molecule has 7 heteroatoms. The van der Waals surface area contributed by atoms with Crippen molar-refractivity contribution >= 4 is 34.2 Å². The molecule has 1 aliphatic heterocycles. The lowest BCUT2D eigenvalue weighted by Gasteiger charge is -2.36. The van der Waals surface area contributed by atoms with Crippen LogP contribution in [-0.2, 0) is 11.0 Å². The highest BCUT2D eigenvalue weighted by atomic mass is 35.5. The Morgan fingerprint density at radius 3 is 2.48 bits per heavy atom. The Balaban J connectivity index is 2.40. The van der Waals surface area contributed by atoms with E-state index in [-0.39, 0.29) is 11.7 Å². The van der Waals surface area contributed by atoms with Crippen LogP contribution in [0.25, 0.3) is 0 Å². The number of halogens is 2. The maximum atomic E-state index is 11.9. The molecule has 130 valence electrons. The molecule has 1 saturated heterocycles. The van der Waals surface area contributed by atoms with Crippen LogP contribution in [0.1, 0.15) is 44.6 Å². The monoisotopic (exact) mass is 378 g/mol. The van der Waals surface area contributed by atoms with Gasteiger partial charge in [-0.3, -0.25) is 5.14 Å². The van der Waals surface area contributed by atoms with Crippen LogP contribution in [0.2, 0.25) is 10.0 Å². The van der Waals surface area contributed by atoms with Crippen LogP contribution in [0.4, 0.5) is 0 Å². The van der Waals surface area contributed by atoms with Crippen LogP contribution < -0.4 is 10.5 Å². The molecule has 0 saturated carbocycles. The highest BCUT2D eigenvalue weighted by Gasteiger charge is 2.35. The summed E-state index contributed by atoms with van der Waals surface area (Å²) in [4.78, 5) is 0. The lowest BCUT2D eigenvalue weighted by atomic mass is 9.76. The number of phenolic OH excluding ortho intramolecular Hbond substituents is 1. The second-order valence-corrected chi connectivity index (χ2v) is 9.29. The molecule has 4 N–H and O–H groups in total. The topological polar surface area (TPSA) is 75.3 Å². The summed E-state index contributed by atoms with van der Waals surface area (Å²) in [5, 5.41) is 20.2. The van der Waals surface area contributed by atoms with E-state index in [9.17, 15) is 9.32 Å². The van der Waals surface area contributed by atoms with Crippen molar-refractivity contribution < 1.29 is 9.32 Å². The van der Waals surface area contributed by atoms with Crippen LogP contribution in [0.15, 0.2) is 12.1 Å². The maximum Gasteiger partial charge on any atom is 0.120 e. The van der Waals surface area contributed by atoms with E-state index in [0.29, 0.717) is 22.4 Å². The smallest absolute Gasteiger partial charge is 0.120 e. The number of piperidine rings is 1. The SMILES string of the molecule is CC(C)(C[C@@H](c1cc(Cl)c(Cl)cc1O)C1CCNCC1)S(N)=O. The molecule has 0 radical (unpaired) electrons. The molecule has 1 aliphatic rings. The van der Waals surface area contributed by atoms with E-state index in [2.05, 4.69) is 5.32 Å². The van der Waals surface area contributed by atoms with Crippen LogP contribution in [0.5, 0.6) is 5.75 Å². The fraction of sp³-hybridized carbons (Fsp3) is 0.625. The second-order valence-electron chi connectivity index (χ2n) is 6.78. The van der Waals surface area contributed by atoms with Gasteiger partial charge < -0.3 is 10.4 Å². The molecule has 0 aromatic heterocycles. The summed E-state index contributed by atoms with van der Waals surface area (Å²) < 4.78 is 11.3. The normalized spacial score (nSPS) is 19.5. The first-order valence-corrected chi connectivity index (χ1v) is 9.74. The van der Waals surface area contributed by atoms with Crippen molar-refractivity contribution in [2.45, 2.75) is 43.8 Å². The van der Waals surface area contributed by atoms with Crippen molar-refractivity contribution in [1.82, 2.24) is 5.32 Å². The molecule has 1 aromatic rings. The van der Waals surface area contributed by atoms with E-state index in [1.165, 1.54) is 6.07 Å². The quantitative estimate of drug-likeness (QED) is 0.732. The molecule has 1 fully saturated rings. The summed E-state index contributed by atoms with van der Waals surface area (Å²) in [5.74, 6) is 0.554. The fourth-order valence-corrected chi connectivity index (χ4v) is 3.91. The Labute approximate surface area is 150 Å². The van der Waals surface area contributed by atoms with Crippen LogP contribution in [-0.4, -0.2) is 27.2 Å². The third-order valence-corrected chi connectivity index (χ3v) is 6.66. The maximum absolute atomic E-state index is 11.9. The summed E-state index contributed by atoms with van der Waals surface area (Å²) >= 11 is 12.2. The van der Waals surface area contributed by atoms with Crippen molar-refractivity contribution in [3.05, 3.63) is 27.7 Å². The minimum Gasteiger partial charge on any atom is -0.508 e. The van der Waals surface area contributed by atoms with Gasteiger partial charge in [-0.15, -0.1) is 0 Å². The summed E-state index contributed by atoms with van der Waals surface area (Å²) in [5.41, 5.74) is 0.768. The number of hydrogen-bond donors (Lipinski definition) is 3. The van der Waals surface area contributed by atoms with Gasteiger partial charge in [0.15, 0.2) is 0 Å². The predicted molar refractivity (Wildman–Crippen MR) is 97.5 cm³/mol. The predicted octanol–water partition coefficient (Wildman–Crippen LogP) is 3.57. The van der Waals surface area contributed by atoms with E-state index >= 15 is 0 Å². The van der Waals surface area contributed by atoms with Gasteiger partial charge in [0.1, 0.15) is 5.75 Å². The van der Waals surface area contributed by atoms with Crippen LogP contribution in [0, 0.1) is 5.92 Å². The molecular formula is C16H24Cl2N2O2S. The van der Waals surface area contributed by atoms with Crippen molar-refractivity contribution in [3.8, 4) is 5.75 Å². The molecule has 2 rings (SSSR count). The Kier molecular flexibility index (Phi) is 6.36. The summed E-state index contributed by atoms with van der Waals surface area (Å²) in [6, 6.07) is 3.22. The molecule has 0 bridgehead atoms.